The number of anilines is 1. The fraction of sp³-hybridized carbons (Fsp3) is 0.0833. The molecule has 0 unspecified atom stereocenters. The summed E-state index contributed by atoms with van der Waals surface area (Å²) in [5, 5.41) is 3.05. The van der Waals surface area contributed by atoms with Crippen molar-refractivity contribution in [2.45, 2.75) is 6.54 Å². The van der Waals surface area contributed by atoms with Crippen molar-refractivity contribution in [2.24, 2.45) is 5.73 Å². The highest BCUT2D eigenvalue weighted by Gasteiger charge is 2.12. The number of amides is 1. The number of carbonyl (C=O) groups excluding carboxylic acids is 1. The first-order valence-corrected chi connectivity index (χ1v) is 6.23. The van der Waals surface area contributed by atoms with E-state index in [0.717, 1.165) is 0 Å². The number of rotatable bonds is 4. The minimum Gasteiger partial charge on any atom is -0.365 e. The van der Waals surface area contributed by atoms with E-state index >= 15 is 0 Å². The van der Waals surface area contributed by atoms with Gasteiger partial charge in [0.15, 0.2) is 0 Å². The van der Waals surface area contributed by atoms with Gasteiger partial charge in [0.1, 0.15) is 11.6 Å². The largest absolute Gasteiger partial charge is 0.365 e. The maximum Gasteiger partial charge on any atom is 0.254 e. The third-order valence-electron chi connectivity index (χ3n) is 2.49. The van der Waals surface area contributed by atoms with Crippen LogP contribution in [0.15, 0.2) is 24.4 Å². The molecule has 0 bridgehead atoms. The van der Waals surface area contributed by atoms with Gasteiger partial charge in [0.25, 0.3) is 5.91 Å². The van der Waals surface area contributed by atoms with Crippen LogP contribution in [0.25, 0.3) is 0 Å². The van der Waals surface area contributed by atoms with E-state index in [1.165, 1.54) is 18.3 Å². The number of hydrogen-bond donors (Lipinski definition) is 2. The second-order valence-corrected chi connectivity index (χ2v) is 4.63. The molecular formula is C12H9Cl2FN4O. The average Bonchev–Trinajstić information content (AvgIpc) is 2.37. The van der Waals surface area contributed by atoms with Gasteiger partial charge < -0.3 is 11.1 Å². The number of hydrogen-bond acceptors (Lipinski definition) is 4. The lowest BCUT2D eigenvalue weighted by atomic mass is 10.2. The first-order chi connectivity index (χ1) is 9.47. The molecule has 1 heterocycles. The van der Waals surface area contributed by atoms with E-state index in [4.69, 9.17) is 28.9 Å². The summed E-state index contributed by atoms with van der Waals surface area (Å²) in [5.74, 6) is -1.03. The van der Waals surface area contributed by atoms with Crippen molar-refractivity contribution >= 4 is 34.9 Å². The Morgan fingerprint density at radius 3 is 2.80 bits per heavy atom. The Hall–Kier alpha value is -1.92. The van der Waals surface area contributed by atoms with Crippen LogP contribution >= 0.6 is 23.2 Å². The molecule has 0 saturated carbocycles. The number of carbonyl (C=O) groups is 1. The summed E-state index contributed by atoms with van der Waals surface area (Å²) in [7, 11) is 0. The molecule has 1 amide bonds. The number of nitrogens with two attached hydrogens (primary N) is 1. The van der Waals surface area contributed by atoms with E-state index in [1.807, 2.05) is 0 Å². The number of nitrogens with one attached hydrogen (secondary N) is 1. The fourth-order valence-electron chi connectivity index (χ4n) is 1.52. The lowest BCUT2D eigenvalue weighted by molar-refractivity contribution is 0.100. The van der Waals surface area contributed by atoms with Gasteiger partial charge in [0.05, 0.1) is 5.56 Å². The Balaban J connectivity index is 2.22. The molecule has 0 atom stereocenters. The highest BCUT2D eigenvalue weighted by atomic mass is 35.5. The van der Waals surface area contributed by atoms with Crippen LogP contribution in [0.1, 0.15) is 15.9 Å². The van der Waals surface area contributed by atoms with E-state index in [-0.39, 0.29) is 23.2 Å². The molecule has 3 N–H and O–H groups in total. The van der Waals surface area contributed by atoms with Crippen molar-refractivity contribution in [3.05, 3.63) is 51.6 Å². The molecule has 20 heavy (non-hydrogen) atoms. The number of halogens is 3. The Kier molecular flexibility index (Phi) is 4.36. The Morgan fingerprint density at radius 1 is 1.40 bits per heavy atom. The van der Waals surface area contributed by atoms with Gasteiger partial charge in [-0.25, -0.2) is 9.37 Å². The van der Waals surface area contributed by atoms with Crippen LogP contribution in [-0.2, 0) is 6.54 Å². The summed E-state index contributed by atoms with van der Waals surface area (Å²) in [6.07, 6.45) is 1.21. The predicted molar refractivity (Wildman–Crippen MR) is 74.3 cm³/mol. The van der Waals surface area contributed by atoms with E-state index in [2.05, 4.69) is 15.3 Å². The maximum atomic E-state index is 13.6. The Bertz CT molecular complexity index is 666. The molecule has 0 aliphatic carbocycles. The quantitative estimate of drug-likeness (QED) is 0.850. The van der Waals surface area contributed by atoms with Crippen LogP contribution < -0.4 is 11.1 Å². The number of primary amides is 1. The zero-order valence-corrected chi connectivity index (χ0v) is 11.5. The van der Waals surface area contributed by atoms with Crippen molar-refractivity contribution in [3.63, 3.8) is 0 Å². The first-order valence-electron chi connectivity index (χ1n) is 5.47. The van der Waals surface area contributed by atoms with Gasteiger partial charge in [-0.2, -0.15) is 4.98 Å². The lowest BCUT2D eigenvalue weighted by Crippen LogP contribution is -2.16. The van der Waals surface area contributed by atoms with Crippen LogP contribution in [0.4, 0.5) is 10.2 Å². The molecule has 104 valence electrons. The highest BCUT2D eigenvalue weighted by molar-refractivity contribution is 6.30. The van der Waals surface area contributed by atoms with Crippen LogP contribution in [0, 0.1) is 5.82 Å². The van der Waals surface area contributed by atoms with Gasteiger partial charge in [-0.3, -0.25) is 4.79 Å². The summed E-state index contributed by atoms with van der Waals surface area (Å²) >= 11 is 11.3. The average molecular weight is 315 g/mol. The van der Waals surface area contributed by atoms with Crippen LogP contribution in [0.2, 0.25) is 10.3 Å². The number of aromatic nitrogens is 2. The zero-order chi connectivity index (χ0) is 14.7. The topological polar surface area (TPSA) is 80.9 Å². The van der Waals surface area contributed by atoms with Gasteiger partial charge in [-0.1, -0.05) is 17.7 Å². The monoisotopic (exact) mass is 314 g/mol. The molecule has 2 rings (SSSR count). The zero-order valence-electron chi connectivity index (χ0n) is 10.0. The molecule has 0 spiro atoms. The third-order valence-corrected chi connectivity index (χ3v) is 2.90. The van der Waals surface area contributed by atoms with Gasteiger partial charge in [0.2, 0.25) is 5.28 Å². The minimum atomic E-state index is -0.708. The Morgan fingerprint density at radius 2 is 2.15 bits per heavy atom. The van der Waals surface area contributed by atoms with Gasteiger partial charge >= 0.3 is 0 Å². The summed E-state index contributed by atoms with van der Waals surface area (Å²) < 4.78 is 13.6. The Labute approximate surface area is 123 Å². The molecule has 0 radical (unpaired) electrons. The van der Waals surface area contributed by atoms with E-state index in [9.17, 15) is 9.18 Å². The molecule has 2 aromatic rings. The van der Waals surface area contributed by atoms with Gasteiger partial charge in [0, 0.05) is 23.3 Å². The summed E-state index contributed by atoms with van der Waals surface area (Å²) in [5.41, 5.74) is 5.62. The van der Waals surface area contributed by atoms with Gasteiger partial charge in [-0.15, -0.1) is 0 Å². The van der Waals surface area contributed by atoms with Crippen LogP contribution in [0.5, 0.6) is 0 Å². The molecule has 0 aliphatic heterocycles. The normalized spacial score (nSPS) is 10.3. The molecule has 0 fully saturated rings. The second-order valence-electron chi connectivity index (χ2n) is 3.85. The van der Waals surface area contributed by atoms with E-state index in [1.54, 1.807) is 6.07 Å². The summed E-state index contributed by atoms with van der Waals surface area (Å²) in [6, 6.07) is 4.28. The first kappa shape index (κ1) is 14.5. The summed E-state index contributed by atoms with van der Waals surface area (Å²) in [4.78, 5) is 18.7. The molecule has 5 nitrogen and oxygen atoms in total. The molecule has 1 aromatic carbocycles. The second kappa shape index (κ2) is 6.02. The van der Waals surface area contributed by atoms with Crippen molar-refractivity contribution in [1.82, 2.24) is 9.97 Å². The van der Waals surface area contributed by atoms with Gasteiger partial charge in [-0.05, 0) is 23.7 Å². The highest BCUT2D eigenvalue weighted by Crippen LogP contribution is 2.18. The fourth-order valence-corrected chi connectivity index (χ4v) is 1.81. The molecule has 8 heteroatoms. The molecular weight excluding hydrogens is 306 g/mol. The SMILES string of the molecule is NC(=O)c1cnc(Cl)nc1NCc1ccc(Cl)cc1F. The lowest BCUT2D eigenvalue weighted by Gasteiger charge is -2.09. The minimum absolute atomic E-state index is 0.0471. The van der Waals surface area contributed by atoms with E-state index in [0.29, 0.717) is 10.6 Å². The molecule has 0 aliphatic rings. The van der Waals surface area contributed by atoms with Crippen molar-refractivity contribution in [3.8, 4) is 0 Å². The third kappa shape index (κ3) is 3.34. The molecule has 0 saturated heterocycles. The number of nitrogens with zero attached hydrogens (tertiary/aromatic N) is 2. The maximum absolute atomic E-state index is 13.6. The smallest absolute Gasteiger partial charge is 0.254 e. The number of benzene rings is 1. The summed E-state index contributed by atoms with van der Waals surface area (Å²) in [6.45, 7) is 0.0939. The van der Waals surface area contributed by atoms with Crippen LogP contribution in [-0.4, -0.2) is 15.9 Å². The van der Waals surface area contributed by atoms with Crippen molar-refractivity contribution in [2.75, 3.05) is 5.32 Å². The molecule has 1 aromatic heterocycles. The predicted octanol–water partition coefficient (Wildman–Crippen LogP) is 2.63. The standard InChI is InChI=1S/C12H9Cl2FN4O/c13-7-2-1-6(9(15)3-7)4-17-11-8(10(16)20)5-18-12(14)19-11/h1-3,5H,4H2,(H2,16,20)(H,17,18,19). The van der Waals surface area contributed by atoms with Crippen LogP contribution in [0.3, 0.4) is 0 Å². The van der Waals surface area contributed by atoms with E-state index < -0.39 is 11.7 Å². The van der Waals surface area contributed by atoms with Crippen molar-refractivity contribution in [1.29, 1.82) is 0 Å². The van der Waals surface area contributed by atoms with Crippen molar-refractivity contribution < 1.29 is 9.18 Å².